The molecule has 3 saturated carbocycles. The van der Waals surface area contributed by atoms with Crippen LogP contribution in [0, 0.1) is 36.5 Å². The zero-order chi connectivity index (χ0) is 12.3. The molecular formula is C15H22N2S. The van der Waals surface area contributed by atoms with Crippen molar-refractivity contribution in [2.75, 3.05) is 7.05 Å². The van der Waals surface area contributed by atoms with Crippen molar-refractivity contribution in [1.82, 2.24) is 10.3 Å². The minimum absolute atomic E-state index is 0.671. The Balaban J connectivity index is 1.47. The van der Waals surface area contributed by atoms with E-state index >= 15 is 0 Å². The van der Waals surface area contributed by atoms with Crippen LogP contribution in [0.4, 0.5) is 0 Å². The van der Waals surface area contributed by atoms with Crippen LogP contribution in [0.2, 0.25) is 0 Å². The van der Waals surface area contributed by atoms with Crippen LogP contribution in [0.1, 0.15) is 30.0 Å². The number of likely N-dealkylation sites (N-methyl/N-ethyl adjacent to an activating group) is 1. The van der Waals surface area contributed by atoms with Gasteiger partial charge in [-0.25, -0.2) is 4.98 Å². The summed E-state index contributed by atoms with van der Waals surface area (Å²) in [5, 5.41) is 7.03. The van der Waals surface area contributed by atoms with Crippen molar-refractivity contribution in [3.63, 3.8) is 0 Å². The van der Waals surface area contributed by atoms with Gasteiger partial charge in [0.25, 0.3) is 0 Å². The Labute approximate surface area is 113 Å². The summed E-state index contributed by atoms with van der Waals surface area (Å²) >= 11 is 1.78. The third kappa shape index (κ3) is 1.60. The first kappa shape index (κ1) is 11.4. The third-order valence-electron chi connectivity index (χ3n) is 5.73. The van der Waals surface area contributed by atoms with E-state index in [2.05, 4.69) is 29.7 Å². The van der Waals surface area contributed by atoms with Gasteiger partial charge in [0.05, 0.1) is 10.7 Å². The van der Waals surface area contributed by atoms with Gasteiger partial charge < -0.3 is 5.32 Å². The molecular weight excluding hydrogens is 240 g/mol. The molecule has 1 N–H and O–H groups in total. The van der Waals surface area contributed by atoms with Crippen LogP contribution < -0.4 is 5.32 Å². The van der Waals surface area contributed by atoms with E-state index in [-0.39, 0.29) is 0 Å². The number of rotatable bonds is 4. The zero-order valence-corrected chi connectivity index (χ0v) is 12.0. The van der Waals surface area contributed by atoms with E-state index in [1.807, 2.05) is 0 Å². The predicted octanol–water partition coefficient (Wildman–Crippen LogP) is 2.87. The largest absolute Gasteiger partial charge is 0.316 e. The van der Waals surface area contributed by atoms with Crippen LogP contribution in [0.3, 0.4) is 0 Å². The lowest BCUT2D eigenvalue weighted by Gasteiger charge is -2.19. The van der Waals surface area contributed by atoms with Crippen molar-refractivity contribution < 1.29 is 0 Å². The summed E-state index contributed by atoms with van der Waals surface area (Å²) in [6.45, 7) is 2.11. The van der Waals surface area contributed by atoms with Gasteiger partial charge in [-0.2, -0.15) is 0 Å². The summed E-state index contributed by atoms with van der Waals surface area (Å²) in [7, 11) is 2.14. The van der Waals surface area contributed by atoms with Crippen LogP contribution in [0.5, 0.6) is 0 Å². The molecule has 0 saturated heterocycles. The monoisotopic (exact) mass is 262 g/mol. The molecule has 5 atom stereocenters. The standard InChI is InChI=1S/C15H22N2S/c1-8-17-11(7-18-8)6-12(16-2)15-13-9-3-4-10(5-9)14(13)15/h7,9-10,12-16H,3-6H2,1-2H3. The Kier molecular flexibility index (Phi) is 2.56. The molecule has 18 heavy (non-hydrogen) atoms. The van der Waals surface area contributed by atoms with Gasteiger partial charge >= 0.3 is 0 Å². The lowest BCUT2D eigenvalue weighted by atomic mass is 9.95. The van der Waals surface area contributed by atoms with Crippen LogP contribution in [-0.4, -0.2) is 18.1 Å². The number of nitrogens with zero attached hydrogens (tertiary/aromatic N) is 1. The topological polar surface area (TPSA) is 24.9 Å². The fourth-order valence-electron chi connectivity index (χ4n) is 5.09. The van der Waals surface area contributed by atoms with E-state index in [1.54, 1.807) is 17.8 Å². The third-order valence-corrected chi connectivity index (χ3v) is 6.55. The average Bonchev–Trinajstić information content (AvgIpc) is 2.71. The molecule has 1 aromatic heterocycles. The molecule has 1 heterocycles. The molecule has 3 heteroatoms. The number of hydrogen-bond donors (Lipinski definition) is 1. The highest BCUT2D eigenvalue weighted by atomic mass is 32.1. The van der Waals surface area contributed by atoms with Gasteiger partial charge in [-0.3, -0.25) is 0 Å². The summed E-state index contributed by atoms with van der Waals surface area (Å²) < 4.78 is 0. The van der Waals surface area contributed by atoms with E-state index in [0.717, 1.165) is 36.0 Å². The van der Waals surface area contributed by atoms with Crippen LogP contribution in [0.15, 0.2) is 5.38 Å². The van der Waals surface area contributed by atoms with Crippen molar-refractivity contribution >= 4 is 11.3 Å². The Bertz CT molecular complexity index is 439. The molecule has 1 aromatic rings. The first-order chi connectivity index (χ1) is 8.78. The van der Waals surface area contributed by atoms with E-state index in [4.69, 9.17) is 0 Å². The normalized spacial score (nSPS) is 42.0. The Hall–Kier alpha value is -0.410. The average molecular weight is 262 g/mol. The molecule has 0 aromatic carbocycles. The summed E-state index contributed by atoms with van der Waals surface area (Å²) in [5.74, 6) is 5.26. The van der Waals surface area contributed by atoms with Crippen molar-refractivity contribution in [3.8, 4) is 0 Å². The van der Waals surface area contributed by atoms with Gasteiger partial charge in [0.1, 0.15) is 0 Å². The van der Waals surface area contributed by atoms with Gasteiger partial charge in [0, 0.05) is 17.8 Å². The number of hydrogen-bond acceptors (Lipinski definition) is 3. The maximum absolute atomic E-state index is 4.63. The van der Waals surface area contributed by atoms with Crippen LogP contribution in [0.25, 0.3) is 0 Å². The molecule has 0 radical (unpaired) electrons. The molecule has 5 unspecified atom stereocenters. The Morgan fingerprint density at radius 1 is 1.39 bits per heavy atom. The van der Waals surface area contributed by atoms with Gasteiger partial charge in [-0.1, -0.05) is 0 Å². The molecule has 3 aliphatic carbocycles. The molecule has 0 aliphatic heterocycles. The number of aromatic nitrogens is 1. The van der Waals surface area contributed by atoms with E-state index < -0.39 is 0 Å². The molecule has 0 spiro atoms. The molecule has 3 fully saturated rings. The fourth-order valence-corrected chi connectivity index (χ4v) is 5.71. The highest BCUT2D eigenvalue weighted by molar-refractivity contribution is 7.09. The Morgan fingerprint density at radius 3 is 2.67 bits per heavy atom. The molecule has 3 aliphatic rings. The van der Waals surface area contributed by atoms with E-state index in [0.29, 0.717) is 6.04 Å². The first-order valence-corrected chi connectivity index (χ1v) is 8.24. The molecule has 98 valence electrons. The SMILES string of the molecule is CNC(Cc1csc(C)n1)C1C2C3CCC(C3)C21. The van der Waals surface area contributed by atoms with Gasteiger partial charge in [-0.05, 0) is 62.8 Å². The highest BCUT2D eigenvalue weighted by Gasteiger charge is 2.66. The minimum Gasteiger partial charge on any atom is -0.316 e. The van der Waals surface area contributed by atoms with Crippen LogP contribution in [-0.2, 0) is 6.42 Å². The predicted molar refractivity (Wildman–Crippen MR) is 74.7 cm³/mol. The molecule has 2 nitrogen and oxygen atoms in total. The molecule has 0 amide bonds. The Morgan fingerprint density at radius 2 is 2.11 bits per heavy atom. The summed E-state index contributed by atoms with van der Waals surface area (Å²) in [4.78, 5) is 4.63. The maximum atomic E-state index is 4.63. The highest BCUT2D eigenvalue weighted by Crippen LogP contribution is 2.70. The van der Waals surface area contributed by atoms with Crippen molar-refractivity contribution in [3.05, 3.63) is 16.1 Å². The number of aryl methyl sites for hydroxylation is 1. The van der Waals surface area contributed by atoms with Crippen molar-refractivity contribution in [2.24, 2.45) is 29.6 Å². The minimum atomic E-state index is 0.671. The fraction of sp³-hybridized carbons (Fsp3) is 0.800. The zero-order valence-electron chi connectivity index (χ0n) is 11.2. The summed E-state index contributed by atoms with van der Waals surface area (Å²) in [5.41, 5.74) is 1.30. The number of fused-ring (bicyclic) bond motifs is 5. The van der Waals surface area contributed by atoms with E-state index in [1.165, 1.54) is 23.5 Å². The van der Waals surface area contributed by atoms with Crippen molar-refractivity contribution in [1.29, 1.82) is 0 Å². The second-order valence-corrected chi connectivity index (χ2v) is 7.58. The smallest absolute Gasteiger partial charge is 0.0897 e. The van der Waals surface area contributed by atoms with Crippen molar-refractivity contribution in [2.45, 2.75) is 38.6 Å². The second kappa shape index (κ2) is 4.04. The lowest BCUT2D eigenvalue weighted by molar-refractivity contribution is 0.375. The molecule has 2 bridgehead atoms. The maximum Gasteiger partial charge on any atom is 0.0897 e. The van der Waals surface area contributed by atoms with Gasteiger partial charge in [-0.15, -0.1) is 11.3 Å². The van der Waals surface area contributed by atoms with Gasteiger partial charge in [0.2, 0.25) is 0 Å². The van der Waals surface area contributed by atoms with E-state index in [9.17, 15) is 0 Å². The number of nitrogens with one attached hydrogen (secondary N) is 1. The van der Waals surface area contributed by atoms with Crippen LogP contribution >= 0.6 is 11.3 Å². The lowest BCUT2D eigenvalue weighted by Crippen LogP contribution is -2.32. The second-order valence-electron chi connectivity index (χ2n) is 6.52. The van der Waals surface area contributed by atoms with Gasteiger partial charge in [0.15, 0.2) is 0 Å². The quantitative estimate of drug-likeness (QED) is 0.902. The molecule has 4 rings (SSSR count). The number of thiazole rings is 1. The summed E-state index contributed by atoms with van der Waals surface area (Å²) in [6, 6.07) is 0.671. The summed E-state index contributed by atoms with van der Waals surface area (Å²) in [6.07, 6.45) is 5.74. The first-order valence-electron chi connectivity index (χ1n) is 7.36.